The molecule has 0 saturated heterocycles. The molecule has 6 nitrogen and oxygen atoms in total. The molecule has 4 N–H and O–H groups in total. The SMILES string of the molecule is CC(C)C[C@H](NC(=O)NCc1cccc(F)c1)C(=O)NO. The number of hydrogen-bond donors (Lipinski definition) is 4. The van der Waals surface area contributed by atoms with Gasteiger partial charge >= 0.3 is 6.03 Å². The Labute approximate surface area is 122 Å². The summed E-state index contributed by atoms with van der Waals surface area (Å²) in [6.45, 7) is 3.92. The lowest BCUT2D eigenvalue weighted by atomic mass is 10.0. The molecule has 0 fully saturated rings. The van der Waals surface area contributed by atoms with E-state index in [9.17, 15) is 14.0 Å². The number of hydrogen-bond acceptors (Lipinski definition) is 3. The third kappa shape index (κ3) is 6.22. The second-order valence-corrected chi connectivity index (χ2v) is 5.12. The lowest BCUT2D eigenvalue weighted by Gasteiger charge is -2.18. The van der Waals surface area contributed by atoms with Crippen LogP contribution in [-0.2, 0) is 11.3 Å². The minimum atomic E-state index is -0.831. The van der Waals surface area contributed by atoms with Gasteiger partial charge in [0.25, 0.3) is 5.91 Å². The predicted octanol–water partition coefficient (Wildman–Crippen LogP) is 1.54. The van der Waals surface area contributed by atoms with E-state index in [1.807, 2.05) is 13.8 Å². The Morgan fingerprint density at radius 2 is 2.05 bits per heavy atom. The Bertz CT molecular complexity index is 494. The van der Waals surface area contributed by atoms with E-state index >= 15 is 0 Å². The van der Waals surface area contributed by atoms with Gasteiger partial charge in [-0.25, -0.2) is 14.7 Å². The van der Waals surface area contributed by atoms with Gasteiger partial charge in [0.15, 0.2) is 0 Å². The lowest BCUT2D eigenvalue weighted by Crippen LogP contribution is -2.49. The minimum absolute atomic E-state index is 0.138. The molecule has 1 aromatic carbocycles. The summed E-state index contributed by atoms with van der Waals surface area (Å²) in [4.78, 5) is 23.2. The molecule has 116 valence electrons. The highest BCUT2D eigenvalue weighted by atomic mass is 19.1. The van der Waals surface area contributed by atoms with Crippen LogP contribution in [0.2, 0.25) is 0 Å². The van der Waals surface area contributed by atoms with Crippen molar-refractivity contribution in [3.8, 4) is 0 Å². The zero-order chi connectivity index (χ0) is 15.8. The summed E-state index contributed by atoms with van der Waals surface area (Å²) in [5, 5.41) is 13.7. The van der Waals surface area contributed by atoms with Gasteiger partial charge in [-0.05, 0) is 30.0 Å². The second-order valence-electron chi connectivity index (χ2n) is 5.12. The number of hydroxylamine groups is 1. The molecule has 1 rings (SSSR count). The molecule has 0 saturated carbocycles. The average molecular weight is 297 g/mol. The molecule has 0 heterocycles. The molecule has 7 heteroatoms. The fraction of sp³-hybridized carbons (Fsp3) is 0.429. The molecular weight excluding hydrogens is 277 g/mol. The fourth-order valence-corrected chi connectivity index (χ4v) is 1.82. The van der Waals surface area contributed by atoms with E-state index in [4.69, 9.17) is 5.21 Å². The maximum atomic E-state index is 13.0. The Kier molecular flexibility index (Phi) is 6.61. The van der Waals surface area contributed by atoms with Crippen molar-refractivity contribution in [2.75, 3.05) is 0 Å². The number of halogens is 1. The third-order valence-electron chi connectivity index (χ3n) is 2.78. The molecule has 0 bridgehead atoms. The van der Waals surface area contributed by atoms with E-state index < -0.39 is 18.0 Å². The first-order chi connectivity index (χ1) is 9.92. The zero-order valence-electron chi connectivity index (χ0n) is 12.0. The molecule has 0 aliphatic heterocycles. The van der Waals surface area contributed by atoms with Gasteiger partial charge in [-0.1, -0.05) is 26.0 Å². The van der Waals surface area contributed by atoms with Crippen LogP contribution >= 0.6 is 0 Å². The van der Waals surface area contributed by atoms with E-state index in [0.29, 0.717) is 12.0 Å². The fourth-order valence-electron chi connectivity index (χ4n) is 1.82. The molecule has 0 radical (unpaired) electrons. The van der Waals surface area contributed by atoms with Gasteiger partial charge in [0.05, 0.1) is 0 Å². The summed E-state index contributed by atoms with van der Waals surface area (Å²) in [5.41, 5.74) is 2.13. The smallest absolute Gasteiger partial charge is 0.315 e. The zero-order valence-corrected chi connectivity index (χ0v) is 12.0. The van der Waals surface area contributed by atoms with Crippen molar-refractivity contribution < 1.29 is 19.2 Å². The van der Waals surface area contributed by atoms with E-state index in [0.717, 1.165) is 0 Å². The molecule has 0 unspecified atom stereocenters. The van der Waals surface area contributed by atoms with Gasteiger partial charge in [-0.3, -0.25) is 10.0 Å². The van der Waals surface area contributed by atoms with Gasteiger partial charge in [0, 0.05) is 6.54 Å². The van der Waals surface area contributed by atoms with Crippen molar-refractivity contribution in [1.29, 1.82) is 0 Å². The molecule has 21 heavy (non-hydrogen) atoms. The van der Waals surface area contributed by atoms with Crippen LogP contribution in [0.25, 0.3) is 0 Å². The molecule has 0 aliphatic carbocycles. The van der Waals surface area contributed by atoms with Crippen LogP contribution in [0, 0.1) is 11.7 Å². The molecule has 0 aliphatic rings. The van der Waals surface area contributed by atoms with Crippen molar-refractivity contribution >= 4 is 11.9 Å². The van der Waals surface area contributed by atoms with E-state index in [1.165, 1.54) is 17.6 Å². The minimum Gasteiger partial charge on any atom is -0.334 e. The van der Waals surface area contributed by atoms with Crippen molar-refractivity contribution in [2.24, 2.45) is 5.92 Å². The summed E-state index contributed by atoms with van der Waals surface area (Å²) in [5.74, 6) is -0.896. The van der Waals surface area contributed by atoms with Gasteiger partial charge in [0.1, 0.15) is 11.9 Å². The molecule has 0 spiro atoms. The van der Waals surface area contributed by atoms with Crippen LogP contribution in [0.5, 0.6) is 0 Å². The van der Waals surface area contributed by atoms with Crippen LogP contribution in [0.3, 0.4) is 0 Å². The first kappa shape index (κ1) is 16.9. The Hall–Kier alpha value is -2.15. The highest BCUT2D eigenvalue weighted by molar-refractivity contribution is 5.86. The molecule has 1 atom stereocenters. The van der Waals surface area contributed by atoms with Crippen LogP contribution in [0.4, 0.5) is 9.18 Å². The van der Waals surface area contributed by atoms with E-state index in [1.54, 1.807) is 12.1 Å². The monoisotopic (exact) mass is 297 g/mol. The molecule has 0 aromatic heterocycles. The topological polar surface area (TPSA) is 90.5 Å². The van der Waals surface area contributed by atoms with Crippen LogP contribution in [0.1, 0.15) is 25.8 Å². The first-order valence-electron chi connectivity index (χ1n) is 6.65. The normalized spacial score (nSPS) is 11.9. The number of benzene rings is 1. The second kappa shape index (κ2) is 8.21. The van der Waals surface area contributed by atoms with E-state index in [2.05, 4.69) is 10.6 Å². The number of carbonyl (C=O) groups is 2. The van der Waals surface area contributed by atoms with Crippen LogP contribution < -0.4 is 16.1 Å². The Balaban J connectivity index is 2.51. The summed E-state index contributed by atoms with van der Waals surface area (Å²) >= 11 is 0. The lowest BCUT2D eigenvalue weighted by molar-refractivity contribution is -0.131. The summed E-state index contributed by atoms with van der Waals surface area (Å²) in [6.07, 6.45) is 0.389. The average Bonchev–Trinajstić information content (AvgIpc) is 2.43. The van der Waals surface area contributed by atoms with Gasteiger partial charge < -0.3 is 10.6 Å². The van der Waals surface area contributed by atoms with Crippen molar-refractivity contribution in [3.63, 3.8) is 0 Å². The largest absolute Gasteiger partial charge is 0.334 e. The van der Waals surface area contributed by atoms with Crippen LogP contribution in [0.15, 0.2) is 24.3 Å². The Morgan fingerprint density at radius 1 is 1.33 bits per heavy atom. The third-order valence-corrected chi connectivity index (χ3v) is 2.78. The number of nitrogens with one attached hydrogen (secondary N) is 3. The number of rotatable bonds is 6. The van der Waals surface area contributed by atoms with Crippen molar-refractivity contribution in [2.45, 2.75) is 32.9 Å². The molecule has 3 amide bonds. The summed E-state index contributed by atoms with van der Waals surface area (Å²) in [6, 6.07) is 4.46. The van der Waals surface area contributed by atoms with Crippen molar-refractivity contribution in [1.82, 2.24) is 16.1 Å². The molecule has 1 aromatic rings. The summed E-state index contributed by atoms with van der Waals surface area (Å²) < 4.78 is 13.0. The Morgan fingerprint density at radius 3 is 2.62 bits per heavy atom. The maximum Gasteiger partial charge on any atom is 0.315 e. The predicted molar refractivity (Wildman–Crippen MR) is 74.9 cm³/mol. The van der Waals surface area contributed by atoms with Crippen LogP contribution in [-0.4, -0.2) is 23.2 Å². The van der Waals surface area contributed by atoms with E-state index in [-0.39, 0.29) is 18.3 Å². The maximum absolute atomic E-state index is 13.0. The standard InChI is InChI=1S/C14H20FN3O3/c1-9(2)6-12(13(19)18-21)17-14(20)16-8-10-4-3-5-11(15)7-10/h3-5,7,9,12,21H,6,8H2,1-2H3,(H,18,19)(H2,16,17,20)/t12-/m0/s1. The summed E-state index contributed by atoms with van der Waals surface area (Å²) in [7, 11) is 0. The number of amides is 3. The van der Waals surface area contributed by atoms with Gasteiger partial charge in [0.2, 0.25) is 0 Å². The quantitative estimate of drug-likeness (QED) is 0.474. The van der Waals surface area contributed by atoms with Crippen molar-refractivity contribution in [3.05, 3.63) is 35.6 Å². The first-order valence-corrected chi connectivity index (χ1v) is 6.65. The highest BCUT2D eigenvalue weighted by Gasteiger charge is 2.21. The molecular formula is C14H20FN3O3. The van der Waals surface area contributed by atoms with Gasteiger partial charge in [-0.2, -0.15) is 0 Å². The highest BCUT2D eigenvalue weighted by Crippen LogP contribution is 2.05. The number of carbonyl (C=O) groups excluding carboxylic acids is 2. The number of urea groups is 1. The van der Waals surface area contributed by atoms with Gasteiger partial charge in [-0.15, -0.1) is 0 Å².